The first-order valence-corrected chi connectivity index (χ1v) is 7.53. The predicted molar refractivity (Wildman–Crippen MR) is 85.9 cm³/mol. The van der Waals surface area contributed by atoms with Crippen molar-refractivity contribution in [2.75, 3.05) is 6.54 Å². The number of carbonyl (C=O) groups excluding carboxylic acids is 1. The van der Waals surface area contributed by atoms with Crippen LogP contribution in [0, 0.1) is 6.92 Å². The van der Waals surface area contributed by atoms with Crippen molar-refractivity contribution in [3.63, 3.8) is 0 Å². The molecule has 0 atom stereocenters. The third-order valence-electron chi connectivity index (χ3n) is 4.25. The first-order valence-electron chi connectivity index (χ1n) is 7.53. The molecule has 0 spiro atoms. The van der Waals surface area contributed by atoms with Crippen LogP contribution in [0.5, 0.6) is 0 Å². The first-order chi connectivity index (χ1) is 10.5. The van der Waals surface area contributed by atoms with Crippen LogP contribution in [0.2, 0.25) is 0 Å². The summed E-state index contributed by atoms with van der Waals surface area (Å²) in [7, 11) is 0. The molecule has 6 nitrogen and oxygen atoms in total. The normalized spacial score (nSPS) is 11.5. The number of carbonyl (C=O) groups is 1. The van der Waals surface area contributed by atoms with E-state index >= 15 is 0 Å². The smallest absolute Gasteiger partial charge is 0.251 e. The molecule has 0 radical (unpaired) electrons. The van der Waals surface area contributed by atoms with Crippen LogP contribution in [-0.2, 0) is 0 Å². The molecule has 0 saturated heterocycles. The Kier molecular flexibility index (Phi) is 4.92. The number of amides is 1. The fraction of sp³-hybridized carbons (Fsp3) is 0.438. The summed E-state index contributed by atoms with van der Waals surface area (Å²) in [6.07, 6.45) is 4.73. The molecule has 0 aliphatic rings. The van der Waals surface area contributed by atoms with Crippen molar-refractivity contribution >= 4 is 5.91 Å². The molecule has 118 valence electrons. The highest BCUT2D eigenvalue weighted by atomic mass is 16.1. The van der Waals surface area contributed by atoms with E-state index in [1.165, 1.54) is 6.33 Å². The van der Waals surface area contributed by atoms with Gasteiger partial charge in [-0.05, 0) is 43.5 Å². The van der Waals surface area contributed by atoms with Gasteiger partial charge in [0.1, 0.15) is 12.7 Å². The molecule has 1 aromatic heterocycles. The number of hydrogen-bond donors (Lipinski definition) is 2. The predicted octanol–water partition coefficient (Wildman–Crippen LogP) is 1.82. The van der Waals surface area contributed by atoms with Crippen LogP contribution in [0.3, 0.4) is 0 Å². The van der Waals surface area contributed by atoms with Gasteiger partial charge in [-0.25, -0.2) is 9.67 Å². The Labute approximate surface area is 130 Å². The Bertz CT molecular complexity index is 624. The fourth-order valence-electron chi connectivity index (χ4n) is 2.47. The number of rotatable bonds is 6. The maximum atomic E-state index is 12.5. The summed E-state index contributed by atoms with van der Waals surface area (Å²) >= 11 is 0. The second-order valence-electron chi connectivity index (χ2n) is 5.49. The minimum Gasteiger partial charge on any atom is -0.345 e. The van der Waals surface area contributed by atoms with E-state index in [9.17, 15) is 4.79 Å². The van der Waals surface area contributed by atoms with Crippen molar-refractivity contribution in [2.24, 2.45) is 5.73 Å². The van der Waals surface area contributed by atoms with E-state index in [2.05, 4.69) is 15.4 Å². The zero-order chi connectivity index (χ0) is 16.2. The van der Waals surface area contributed by atoms with Crippen molar-refractivity contribution in [3.05, 3.63) is 42.0 Å². The van der Waals surface area contributed by atoms with Crippen LogP contribution in [0.25, 0.3) is 5.69 Å². The van der Waals surface area contributed by atoms with Gasteiger partial charge in [0.2, 0.25) is 0 Å². The quantitative estimate of drug-likeness (QED) is 0.852. The molecule has 0 bridgehead atoms. The highest BCUT2D eigenvalue weighted by Gasteiger charge is 2.26. The lowest BCUT2D eigenvalue weighted by molar-refractivity contribution is 0.0895. The van der Waals surface area contributed by atoms with E-state index < -0.39 is 0 Å². The number of benzene rings is 1. The van der Waals surface area contributed by atoms with E-state index in [-0.39, 0.29) is 11.4 Å². The second-order valence-corrected chi connectivity index (χ2v) is 5.49. The molecule has 3 N–H and O–H groups in total. The van der Waals surface area contributed by atoms with E-state index in [4.69, 9.17) is 5.73 Å². The molecule has 2 rings (SSSR count). The van der Waals surface area contributed by atoms with Crippen molar-refractivity contribution in [2.45, 2.75) is 39.2 Å². The summed E-state index contributed by atoms with van der Waals surface area (Å²) < 4.78 is 1.68. The number of hydrogen-bond acceptors (Lipinski definition) is 4. The Morgan fingerprint density at radius 2 is 2.09 bits per heavy atom. The van der Waals surface area contributed by atoms with E-state index in [0.29, 0.717) is 12.1 Å². The molecule has 22 heavy (non-hydrogen) atoms. The van der Waals surface area contributed by atoms with Gasteiger partial charge >= 0.3 is 0 Å². The summed E-state index contributed by atoms with van der Waals surface area (Å²) in [5.41, 5.74) is 8.00. The molecule has 6 heteroatoms. The van der Waals surface area contributed by atoms with Crippen LogP contribution < -0.4 is 11.1 Å². The molecule has 0 aliphatic heterocycles. The van der Waals surface area contributed by atoms with Gasteiger partial charge in [0.05, 0.1) is 11.2 Å². The van der Waals surface area contributed by atoms with Gasteiger partial charge in [-0.1, -0.05) is 13.8 Å². The number of nitrogens with one attached hydrogen (secondary N) is 1. The second kappa shape index (κ2) is 6.70. The lowest BCUT2D eigenvalue weighted by Gasteiger charge is -2.31. The Hall–Kier alpha value is -2.21. The lowest BCUT2D eigenvalue weighted by atomic mass is 9.92. The monoisotopic (exact) mass is 301 g/mol. The summed E-state index contributed by atoms with van der Waals surface area (Å²) in [5, 5.41) is 7.19. The highest BCUT2D eigenvalue weighted by molar-refractivity contribution is 5.95. The summed E-state index contributed by atoms with van der Waals surface area (Å²) in [4.78, 5) is 16.4. The van der Waals surface area contributed by atoms with Crippen LogP contribution in [0.1, 0.15) is 42.6 Å². The molecule has 1 heterocycles. The highest BCUT2D eigenvalue weighted by Crippen LogP contribution is 2.17. The average Bonchev–Trinajstić information content (AvgIpc) is 3.06. The Morgan fingerprint density at radius 1 is 1.36 bits per heavy atom. The zero-order valence-electron chi connectivity index (χ0n) is 13.3. The summed E-state index contributed by atoms with van der Waals surface area (Å²) in [6, 6.07) is 5.53. The number of aryl methyl sites for hydroxylation is 1. The Morgan fingerprint density at radius 3 is 2.59 bits per heavy atom. The van der Waals surface area contributed by atoms with Gasteiger partial charge in [-0.2, -0.15) is 5.10 Å². The molecule has 0 saturated carbocycles. The third-order valence-corrected chi connectivity index (χ3v) is 4.25. The molecule has 0 fully saturated rings. The first kappa shape index (κ1) is 16.2. The zero-order valence-corrected chi connectivity index (χ0v) is 13.3. The summed E-state index contributed by atoms with van der Waals surface area (Å²) in [6.45, 7) is 6.46. The van der Waals surface area contributed by atoms with E-state index in [1.807, 2.05) is 32.9 Å². The van der Waals surface area contributed by atoms with Crippen molar-refractivity contribution in [1.29, 1.82) is 0 Å². The van der Waals surface area contributed by atoms with Crippen LogP contribution in [0.15, 0.2) is 30.9 Å². The minimum atomic E-state index is -0.338. The van der Waals surface area contributed by atoms with Crippen LogP contribution >= 0.6 is 0 Å². The van der Waals surface area contributed by atoms with Crippen molar-refractivity contribution in [1.82, 2.24) is 20.1 Å². The van der Waals surface area contributed by atoms with Gasteiger partial charge in [0.25, 0.3) is 5.91 Å². The fourth-order valence-corrected chi connectivity index (χ4v) is 2.47. The maximum absolute atomic E-state index is 12.5. The molecular formula is C16H23N5O. The molecule has 0 unspecified atom stereocenters. The topological polar surface area (TPSA) is 85.8 Å². The number of nitrogens with zero attached hydrogens (tertiary/aromatic N) is 3. The SMILES string of the molecule is CCC(CC)(CN)NC(=O)c1ccc(-n2cncn2)c(C)c1. The third kappa shape index (κ3) is 3.17. The average molecular weight is 301 g/mol. The van der Waals surface area contributed by atoms with Crippen molar-refractivity contribution in [3.8, 4) is 5.69 Å². The minimum absolute atomic E-state index is 0.0950. The standard InChI is InChI=1S/C16H23N5O/c1-4-16(5-2,9-17)20-15(22)13-6-7-14(12(3)8-13)21-11-18-10-19-21/h6-8,10-11H,4-5,9,17H2,1-3H3,(H,20,22). The number of nitrogens with two attached hydrogens (primary N) is 1. The van der Waals surface area contributed by atoms with Crippen LogP contribution in [-0.4, -0.2) is 32.8 Å². The van der Waals surface area contributed by atoms with Gasteiger partial charge in [-0.3, -0.25) is 4.79 Å². The van der Waals surface area contributed by atoms with Crippen molar-refractivity contribution < 1.29 is 4.79 Å². The maximum Gasteiger partial charge on any atom is 0.251 e. The van der Waals surface area contributed by atoms with Gasteiger partial charge < -0.3 is 11.1 Å². The van der Waals surface area contributed by atoms with E-state index in [1.54, 1.807) is 17.1 Å². The summed E-state index contributed by atoms with van der Waals surface area (Å²) in [5.74, 6) is -0.0950. The largest absolute Gasteiger partial charge is 0.345 e. The molecule has 0 aliphatic carbocycles. The van der Waals surface area contributed by atoms with Gasteiger partial charge in [0, 0.05) is 12.1 Å². The molecular weight excluding hydrogens is 278 g/mol. The Balaban J connectivity index is 2.23. The molecule has 1 aromatic carbocycles. The van der Waals surface area contributed by atoms with Gasteiger partial charge in [0.15, 0.2) is 0 Å². The lowest BCUT2D eigenvalue weighted by Crippen LogP contribution is -2.52. The van der Waals surface area contributed by atoms with Gasteiger partial charge in [-0.15, -0.1) is 0 Å². The van der Waals surface area contributed by atoms with E-state index in [0.717, 1.165) is 24.1 Å². The molecule has 2 aromatic rings. The van der Waals surface area contributed by atoms with Crippen LogP contribution in [0.4, 0.5) is 0 Å². The number of aromatic nitrogens is 3. The molecule has 1 amide bonds.